The zero-order valence-electron chi connectivity index (χ0n) is 12.9. The van der Waals surface area contributed by atoms with E-state index in [1.165, 1.54) is 22.5 Å². The molecule has 4 nitrogen and oxygen atoms in total. The molecule has 1 aromatic heterocycles. The third-order valence-corrected chi connectivity index (χ3v) is 4.80. The molecule has 1 amide bonds. The Hall–Kier alpha value is -1.72. The molecule has 1 aromatic carbocycles. The van der Waals surface area contributed by atoms with Crippen molar-refractivity contribution in [3.05, 3.63) is 51.5 Å². The fraction of sp³-hybridized carbons (Fsp3) is 0.412. The first-order valence-corrected chi connectivity index (χ1v) is 8.38. The van der Waals surface area contributed by atoms with Crippen LogP contribution < -0.4 is 0 Å². The Bertz CT molecular complexity index is 668. The molecule has 3 rings (SSSR count). The number of aryl methyl sites for hydroxylation is 1. The highest BCUT2D eigenvalue weighted by Crippen LogP contribution is 2.33. The van der Waals surface area contributed by atoms with Crippen LogP contribution in [0.15, 0.2) is 29.6 Å². The van der Waals surface area contributed by atoms with Gasteiger partial charge in [-0.3, -0.25) is 4.79 Å². The maximum atomic E-state index is 12.8. The summed E-state index contributed by atoms with van der Waals surface area (Å²) >= 11 is 1.48. The van der Waals surface area contributed by atoms with Crippen molar-refractivity contribution in [3.8, 4) is 0 Å². The lowest BCUT2D eigenvalue weighted by atomic mass is 10.0. The van der Waals surface area contributed by atoms with E-state index in [0.29, 0.717) is 12.3 Å². The van der Waals surface area contributed by atoms with Gasteiger partial charge in [0.2, 0.25) is 0 Å². The highest BCUT2D eigenvalue weighted by molar-refractivity contribution is 7.09. The van der Waals surface area contributed by atoms with Crippen LogP contribution in [0.25, 0.3) is 0 Å². The SMILES string of the molecule is COCc1nc(C(=O)N2CCC[C@@H]2c2cccc(C)c2)cs1. The summed E-state index contributed by atoms with van der Waals surface area (Å²) < 4.78 is 5.07. The van der Waals surface area contributed by atoms with E-state index in [9.17, 15) is 4.79 Å². The average Bonchev–Trinajstić information content (AvgIpc) is 3.16. The Morgan fingerprint density at radius 2 is 2.36 bits per heavy atom. The van der Waals surface area contributed by atoms with Gasteiger partial charge in [-0.2, -0.15) is 0 Å². The molecule has 0 bridgehead atoms. The summed E-state index contributed by atoms with van der Waals surface area (Å²) in [5, 5.41) is 2.68. The number of thiazole rings is 1. The third-order valence-electron chi connectivity index (χ3n) is 3.98. The molecule has 0 radical (unpaired) electrons. The van der Waals surface area contributed by atoms with Crippen molar-refractivity contribution in [3.63, 3.8) is 0 Å². The van der Waals surface area contributed by atoms with Crippen molar-refractivity contribution in [1.29, 1.82) is 0 Å². The van der Waals surface area contributed by atoms with Crippen LogP contribution in [0.3, 0.4) is 0 Å². The van der Waals surface area contributed by atoms with Crippen molar-refractivity contribution in [2.45, 2.75) is 32.4 Å². The maximum absolute atomic E-state index is 12.8. The lowest BCUT2D eigenvalue weighted by Crippen LogP contribution is -2.30. The Kier molecular flexibility index (Phi) is 4.55. The number of likely N-dealkylation sites (tertiary alicyclic amines) is 1. The van der Waals surface area contributed by atoms with E-state index in [2.05, 4.69) is 36.2 Å². The lowest BCUT2D eigenvalue weighted by Gasteiger charge is -2.24. The van der Waals surface area contributed by atoms with Crippen LogP contribution in [0.2, 0.25) is 0 Å². The molecular formula is C17H20N2O2S. The molecule has 22 heavy (non-hydrogen) atoms. The smallest absolute Gasteiger partial charge is 0.273 e. The van der Waals surface area contributed by atoms with Crippen molar-refractivity contribution in [1.82, 2.24) is 9.88 Å². The zero-order valence-corrected chi connectivity index (χ0v) is 13.7. The molecule has 0 aliphatic carbocycles. The summed E-state index contributed by atoms with van der Waals surface area (Å²) in [6.07, 6.45) is 2.06. The van der Waals surface area contributed by atoms with Crippen molar-refractivity contribution in [2.24, 2.45) is 0 Å². The van der Waals surface area contributed by atoms with Gasteiger partial charge in [-0.25, -0.2) is 4.98 Å². The molecule has 0 unspecified atom stereocenters. The van der Waals surface area contributed by atoms with E-state index in [0.717, 1.165) is 24.4 Å². The summed E-state index contributed by atoms with van der Waals surface area (Å²) in [5.74, 6) is 0.0302. The van der Waals surface area contributed by atoms with E-state index >= 15 is 0 Å². The van der Waals surface area contributed by atoms with Gasteiger partial charge in [0.25, 0.3) is 5.91 Å². The number of rotatable bonds is 4. The van der Waals surface area contributed by atoms with E-state index in [4.69, 9.17) is 4.74 Å². The Morgan fingerprint density at radius 1 is 1.50 bits per heavy atom. The molecule has 0 saturated carbocycles. The Morgan fingerprint density at radius 3 is 3.14 bits per heavy atom. The quantitative estimate of drug-likeness (QED) is 0.866. The summed E-state index contributed by atoms with van der Waals surface area (Å²) in [6, 6.07) is 8.60. The van der Waals surface area contributed by atoms with Crippen LogP contribution in [0.5, 0.6) is 0 Å². The number of aromatic nitrogens is 1. The number of hydrogen-bond donors (Lipinski definition) is 0. The molecule has 1 atom stereocenters. The fourth-order valence-corrected chi connectivity index (χ4v) is 3.72. The second-order valence-corrected chi connectivity index (χ2v) is 6.57. The number of nitrogens with zero attached hydrogens (tertiary/aromatic N) is 2. The fourth-order valence-electron chi connectivity index (χ4n) is 2.98. The summed E-state index contributed by atoms with van der Waals surface area (Å²) in [6.45, 7) is 3.34. The van der Waals surface area contributed by atoms with Crippen molar-refractivity contribution >= 4 is 17.2 Å². The highest BCUT2D eigenvalue weighted by atomic mass is 32.1. The van der Waals surface area contributed by atoms with Gasteiger partial charge < -0.3 is 9.64 Å². The first-order valence-electron chi connectivity index (χ1n) is 7.50. The zero-order chi connectivity index (χ0) is 15.5. The van der Waals surface area contributed by atoms with Crippen LogP contribution >= 0.6 is 11.3 Å². The average molecular weight is 316 g/mol. The molecule has 1 aliphatic rings. The van der Waals surface area contributed by atoms with Gasteiger partial charge in [0, 0.05) is 19.0 Å². The third kappa shape index (κ3) is 3.05. The number of carbonyl (C=O) groups is 1. The standard InChI is InChI=1S/C17H20N2O2S/c1-12-5-3-6-13(9-12)15-7-4-8-19(15)17(20)14-11-22-16(18-14)10-21-2/h3,5-6,9,11,15H,4,7-8,10H2,1-2H3/t15-/m1/s1. The molecule has 116 valence electrons. The summed E-state index contributed by atoms with van der Waals surface area (Å²) in [4.78, 5) is 19.1. The molecule has 2 heterocycles. The number of benzene rings is 1. The topological polar surface area (TPSA) is 42.4 Å². The Balaban J connectivity index is 1.81. The summed E-state index contributed by atoms with van der Waals surface area (Å²) in [7, 11) is 1.64. The van der Waals surface area contributed by atoms with E-state index in [1.807, 2.05) is 10.3 Å². The lowest BCUT2D eigenvalue weighted by molar-refractivity contribution is 0.0730. The maximum Gasteiger partial charge on any atom is 0.273 e. The predicted octanol–water partition coefficient (Wildman–Crippen LogP) is 3.58. The molecule has 0 spiro atoms. The number of amides is 1. The van der Waals surface area contributed by atoms with Crippen molar-refractivity contribution < 1.29 is 9.53 Å². The molecule has 1 aliphatic heterocycles. The van der Waals surface area contributed by atoms with Crippen LogP contribution in [0.1, 0.15) is 45.5 Å². The number of methoxy groups -OCH3 is 1. The minimum atomic E-state index is 0.0302. The molecular weight excluding hydrogens is 296 g/mol. The van der Waals surface area contributed by atoms with Crippen LogP contribution in [-0.2, 0) is 11.3 Å². The summed E-state index contributed by atoms with van der Waals surface area (Å²) in [5.41, 5.74) is 2.99. The van der Waals surface area contributed by atoms with Gasteiger partial charge in [-0.1, -0.05) is 29.8 Å². The second kappa shape index (κ2) is 6.58. The van der Waals surface area contributed by atoms with Crippen LogP contribution in [-0.4, -0.2) is 29.4 Å². The van der Waals surface area contributed by atoms with E-state index in [-0.39, 0.29) is 11.9 Å². The van der Waals surface area contributed by atoms with Gasteiger partial charge in [0.05, 0.1) is 12.6 Å². The molecule has 2 aromatic rings. The van der Waals surface area contributed by atoms with Gasteiger partial charge in [-0.15, -0.1) is 11.3 Å². The number of ether oxygens (including phenoxy) is 1. The largest absolute Gasteiger partial charge is 0.378 e. The Labute approximate surface area is 134 Å². The van der Waals surface area contributed by atoms with Crippen LogP contribution in [0.4, 0.5) is 0 Å². The highest BCUT2D eigenvalue weighted by Gasteiger charge is 2.31. The van der Waals surface area contributed by atoms with E-state index in [1.54, 1.807) is 7.11 Å². The second-order valence-electron chi connectivity index (χ2n) is 5.63. The molecule has 1 saturated heterocycles. The van der Waals surface area contributed by atoms with Gasteiger partial charge in [-0.05, 0) is 25.3 Å². The molecule has 5 heteroatoms. The predicted molar refractivity (Wildman–Crippen MR) is 87.0 cm³/mol. The van der Waals surface area contributed by atoms with E-state index < -0.39 is 0 Å². The number of hydrogen-bond acceptors (Lipinski definition) is 4. The molecule has 0 N–H and O–H groups in total. The first-order chi connectivity index (χ1) is 10.7. The molecule has 1 fully saturated rings. The van der Waals surface area contributed by atoms with Gasteiger partial charge >= 0.3 is 0 Å². The minimum absolute atomic E-state index is 0.0302. The van der Waals surface area contributed by atoms with Crippen molar-refractivity contribution in [2.75, 3.05) is 13.7 Å². The van der Waals surface area contributed by atoms with Gasteiger partial charge in [0.1, 0.15) is 10.7 Å². The van der Waals surface area contributed by atoms with Crippen LogP contribution in [0, 0.1) is 6.92 Å². The monoisotopic (exact) mass is 316 g/mol. The number of carbonyl (C=O) groups excluding carboxylic acids is 1. The van der Waals surface area contributed by atoms with Gasteiger partial charge in [0.15, 0.2) is 0 Å². The normalized spacial score (nSPS) is 17.9. The first kappa shape index (κ1) is 15.2. The minimum Gasteiger partial charge on any atom is -0.378 e.